The number of benzene rings is 3. The van der Waals surface area contributed by atoms with E-state index < -0.39 is 11.8 Å². The summed E-state index contributed by atoms with van der Waals surface area (Å²) >= 11 is 12.6. The molecule has 1 aliphatic heterocycles. The summed E-state index contributed by atoms with van der Waals surface area (Å²) in [7, 11) is 0. The molecule has 4 rings (SSSR count). The largest absolute Gasteiger partial charge is 0.423 e. The van der Waals surface area contributed by atoms with Crippen LogP contribution < -0.4 is 9.64 Å². The van der Waals surface area contributed by atoms with Crippen molar-refractivity contribution in [1.82, 2.24) is 0 Å². The predicted molar refractivity (Wildman–Crippen MR) is 125 cm³/mol. The quantitative estimate of drug-likeness (QED) is 0.200. The number of nitrogens with zero attached hydrogens (tertiary/aromatic N) is 1. The smallest absolute Gasteiger partial charge is 0.346 e. The van der Waals surface area contributed by atoms with Crippen LogP contribution in [0, 0.1) is 5.82 Å². The van der Waals surface area contributed by atoms with Crippen LogP contribution in [0.5, 0.6) is 5.75 Å². The van der Waals surface area contributed by atoms with Gasteiger partial charge in [0, 0.05) is 5.02 Å². The van der Waals surface area contributed by atoms with Gasteiger partial charge in [0.05, 0.1) is 16.2 Å². The zero-order valence-corrected chi connectivity index (χ0v) is 18.1. The number of esters is 1. The van der Waals surface area contributed by atoms with Gasteiger partial charge in [0.1, 0.15) is 11.6 Å². The molecule has 1 saturated heterocycles. The Hall–Kier alpha value is -3.00. The van der Waals surface area contributed by atoms with Gasteiger partial charge in [-0.3, -0.25) is 9.69 Å². The first-order valence-corrected chi connectivity index (χ1v) is 10.6. The molecule has 0 N–H and O–H groups in total. The molecule has 31 heavy (non-hydrogen) atoms. The molecule has 3 aromatic rings. The fourth-order valence-electron chi connectivity index (χ4n) is 2.88. The molecule has 1 amide bonds. The van der Waals surface area contributed by atoms with E-state index in [4.69, 9.17) is 28.6 Å². The highest BCUT2D eigenvalue weighted by molar-refractivity contribution is 8.27. The van der Waals surface area contributed by atoms with Gasteiger partial charge in [0.2, 0.25) is 0 Å². The van der Waals surface area contributed by atoms with E-state index in [1.807, 2.05) is 0 Å². The number of carbonyl (C=O) groups excluding carboxylic acids is 2. The third-order valence-electron chi connectivity index (χ3n) is 4.34. The van der Waals surface area contributed by atoms with Gasteiger partial charge < -0.3 is 4.74 Å². The van der Waals surface area contributed by atoms with Crippen molar-refractivity contribution < 1.29 is 18.7 Å². The third kappa shape index (κ3) is 4.69. The number of thiocarbonyl (C=S) groups is 1. The second kappa shape index (κ2) is 9.01. The Kier molecular flexibility index (Phi) is 6.18. The minimum atomic E-state index is -0.784. The topological polar surface area (TPSA) is 46.6 Å². The summed E-state index contributed by atoms with van der Waals surface area (Å²) in [5.41, 5.74) is 1.18. The van der Waals surface area contributed by atoms with E-state index in [0.717, 1.165) is 5.56 Å². The number of halogens is 2. The van der Waals surface area contributed by atoms with E-state index in [-0.39, 0.29) is 17.2 Å². The molecule has 0 bridgehead atoms. The summed E-state index contributed by atoms with van der Waals surface area (Å²) in [6.45, 7) is 0. The van der Waals surface area contributed by atoms with Gasteiger partial charge in [-0.1, -0.05) is 65.9 Å². The summed E-state index contributed by atoms with van der Waals surface area (Å²) in [6, 6.07) is 19.0. The highest BCUT2D eigenvalue weighted by Crippen LogP contribution is 2.36. The summed E-state index contributed by atoms with van der Waals surface area (Å²) in [4.78, 5) is 26.8. The average Bonchev–Trinajstić information content (AvgIpc) is 3.02. The lowest BCUT2D eigenvalue weighted by Crippen LogP contribution is -2.27. The van der Waals surface area contributed by atoms with Crippen molar-refractivity contribution >= 4 is 63.5 Å². The van der Waals surface area contributed by atoms with Crippen molar-refractivity contribution in [3.8, 4) is 5.75 Å². The van der Waals surface area contributed by atoms with Crippen LogP contribution in [-0.4, -0.2) is 16.2 Å². The Labute approximate surface area is 192 Å². The fourth-order valence-corrected chi connectivity index (χ4v) is 4.36. The first kappa shape index (κ1) is 21.2. The highest BCUT2D eigenvalue weighted by Gasteiger charge is 2.33. The molecule has 4 nitrogen and oxygen atoms in total. The standard InChI is InChI=1S/C23H13ClFNO3S2/c24-15-4-3-5-16(13-15)26-21(27)20(31-23(26)30)12-14-8-10-17(11-9-14)29-22(28)18-6-1-2-7-19(18)25/h1-13H. The van der Waals surface area contributed by atoms with Gasteiger partial charge in [0.15, 0.2) is 4.32 Å². The average molecular weight is 470 g/mol. The van der Waals surface area contributed by atoms with Crippen LogP contribution in [0.2, 0.25) is 5.02 Å². The van der Waals surface area contributed by atoms with Crippen LogP contribution in [0.4, 0.5) is 10.1 Å². The van der Waals surface area contributed by atoms with Crippen LogP contribution in [0.25, 0.3) is 6.08 Å². The van der Waals surface area contributed by atoms with Crippen LogP contribution in [0.1, 0.15) is 15.9 Å². The monoisotopic (exact) mass is 469 g/mol. The predicted octanol–water partition coefficient (Wildman–Crippen LogP) is 6.10. The zero-order chi connectivity index (χ0) is 22.0. The maximum Gasteiger partial charge on any atom is 0.346 e. The summed E-state index contributed by atoms with van der Waals surface area (Å²) in [5, 5.41) is 0.510. The van der Waals surface area contributed by atoms with Crippen molar-refractivity contribution in [3.63, 3.8) is 0 Å². The number of rotatable bonds is 4. The maximum absolute atomic E-state index is 13.7. The second-order valence-electron chi connectivity index (χ2n) is 6.44. The molecule has 0 radical (unpaired) electrons. The lowest BCUT2D eigenvalue weighted by molar-refractivity contribution is -0.113. The molecule has 0 aliphatic carbocycles. The summed E-state index contributed by atoms with van der Waals surface area (Å²) in [6.07, 6.45) is 1.70. The van der Waals surface area contributed by atoms with Gasteiger partial charge in [-0.25, -0.2) is 9.18 Å². The molecule has 0 spiro atoms. The molecule has 0 unspecified atom stereocenters. The van der Waals surface area contributed by atoms with Crippen molar-refractivity contribution in [2.45, 2.75) is 0 Å². The van der Waals surface area contributed by atoms with Gasteiger partial charge >= 0.3 is 5.97 Å². The molecule has 0 atom stereocenters. The molecular weight excluding hydrogens is 457 g/mol. The summed E-state index contributed by atoms with van der Waals surface area (Å²) < 4.78 is 19.3. The van der Waals surface area contributed by atoms with Crippen molar-refractivity contribution in [2.24, 2.45) is 0 Å². The number of hydrogen-bond donors (Lipinski definition) is 0. The van der Waals surface area contributed by atoms with Crippen LogP contribution in [-0.2, 0) is 4.79 Å². The lowest BCUT2D eigenvalue weighted by atomic mass is 10.2. The van der Waals surface area contributed by atoms with Crippen molar-refractivity contribution in [3.05, 3.63) is 99.7 Å². The Morgan fingerprint density at radius 3 is 2.52 bits per heavy atom. The minimum Gasteiger partial charge on any atom is -0.423 e. The van der Waals surface area contributed by atoms with E-state index in [9.17, 15) is 14.0 Å². The Bertz CT molecular complexity index is 1230. The number of amides is 1. The number of hydrogen-bond acceptors (Lipinski definition) is 5. The van der Waals surface area contributed by atoms with Gasteiger partial charge in [-0.15, -0.1) is 0 Å². The molecule has 8 heteroatoms. The van der Waals surface area contributed by atoms with Gasteiger partial charge in [-0.05, 0) is 54.1 Å². The number of ether oxygens (including phenoxy) is 1. The van der Waals surface area contributed by atoms with Crippen LogP contribution in [0.3, 0.4) is 0 Å². The third-order valence-corrected chi connectivity index (χ3v) is 5.88. The molecule has 1 heterocycles. The molecule has 1 aliphatic rings. The molecular formula is C23H13ClFNO3S2. The molecule has 0 aromatic heterocycles. The normalized spacial score (nSPS) is 14.9. The lowest BCUT2D eigenvalue weighted by Gasteiger charge is -2.14. The van der Waals surface area contributed by atoms with Gasteiger partial charge in [-0.2, -0.15) is 0 Å². The first-order valence-electron chi connectivity index (χ1n) is 9.03. The van der Waals surface area contributed by atoms with E-state index in [0.29, 0.717) is 19.9 Å². The second-order valence-corrected chi connectivity index (χ2v) is 8.55. The van der Waals surface area contributed by atoms with E-state index in [1.54, 1.807) is 60.7 Å². The Morgan fingerprint density at radius 2 is 1.81 bits per heavy atom. The van der Waals surface area contributed by atoms with Crippen molar-refractivity contribution in [2.75, 3.05) is 4.90 Å². The summed E-state index contributed by atoms with van der Waals surface area (Å²) in [5.74, 6) is -1.41. The highest BCUT2D eigenvalue weighted by atomic mass is 35.5. The Morgan fingerprint density at radius 1 is 1.06 bits per heavy atom. The van der Waals surface area contributed by atoms with E-state index >= 15 is 0 Å². The van der Waals surface area contributed by atoms with Crippen LogP contribution >= 0.6 is 35.6 Å². The molecule has 154 valence electrons. The zero-order valence-electron chi connectivity index (χ0n) is 15.7. The first-order chi connectivity index (χ1) is 14.9. The number of carbonyl (C=O) groups is 2. The fraction of sp³-hybridized carbons (Fsp3) is 0. The SMILES string of the molecule is O=C(Oc1ccc(C=C2SC(=S)N(c3cccc(Cl)c3)C2=O)cc1)c1ccccc1F. The van der Waals surface area contributed by atoms with E-state index in [1.165, 1.54) is 34.9 Å². The Balaban J connectivity index is 1.49. The van der Waals surface area contributed by atoms with E-state index in [2.05, 4.69) is 0 Å². The molecule has 1 fully saturated rings. The van der Waals surface area contributed by atoms with Gasteiger partial charge in [0.25, 0.3) is 5.91 Å². The van der Waals surface area contributed by atoms with Crippen molar-refractivity contribution in [1.29, 1.82) is 0 Å². The number of thioether (sulfide) groups is 1. The molecule has 3 aromatic carbocycles. The number of anilines is 1. The maximum atomic E-state index is 13.7. The molecule has 0 saturated carbocycles. The minimum absolute atomic E-state index is 0.142. The van der Waals surface area contributed by atoms with Crippen LogP contribution in [0.15, 0.2) is 77.7 Å².